The lowest BCUT2D eigenvalue weighted by Gasteiger charge is -2.31. The van der Waals surface area contributed by atoms with Crippen molar-refractivity contribution in [2.45, 2.75) is 5.75 Å². The summed E-state index contributed by atoms with van der Waals surface area (Å²) in [6.07, 6.45) is 0. The zero-order valence-corrected chi connectivity index (χ0v) is 16.7. The topological polar surface area (TPSA) is 80.2 Å². The molecule has 28 heavy (non-hydrogen) atoms. The number of nitrogens with zero attached hydrogens (tertiary/aromatic N) is 1. The van der Waals surface area contributed by atoms with E-state index in [1.165, 1.54) is 4.31 Å². The molecule has 0 unspecified atom stereocenters. The van der Waals surface area contributed by atoms with Gasteiger partial charge in [0.25, 0.3) is 5.91 Å². The van der Waals surface area contributed by atoms with E-state index >= 15 is 0 Å². The number of hydrogen-bond donors (Lipinski definition) is 2. The lowest BCUT2D eigenvalue weighted by molar-refractivity contribution is -0.895. The molecule has 150 valence electrons. The second-order valence-corrected chi connectivity index (χ2v) is 8.82. The highest BCUT2D eigenvalue weighted by atomic mass is 32.2. The molecule has 1 fully saturated rings. The lowest BCUT2D eigenvalue weighted by Crippen LogP contribution is -3.15. The summed E-state index contributed by atoms with van der Waals surface area (Å²) >= 11 is 0. The molecule has 7 nitrogen and oxygen atoms in total. The highest BCUT2D eigenvalue weighted by molar-refractivity contribution is 7.88. The molecule has 3 rings (SSSR count). The normalized spacial score (nSPS) is 15.9. The molecule has 2 N–H and O–H groups in total. The van der Waals surface area contributed by atoms with Crippen LogP contribution in [0.3, 0.4) is 0 Å². The van der Waals surface area contributed by atoms with E-state index in [2.05, 4.69) is 5.32 Å². The molecule has 0 aromatic heterocycles. The van der Waals surface area contributed by atoms with Gasteiger partial charge in [-0.25, -0.2) is 8.42 Å². The molecule has 0 radical (unpaired) electrons. The minimum Gasteiger partial charge on any atom is -0.497 e. The Morgan fingerprint density at radius 3 is 2.50 bits per heavy atom. The van der Waals surface area contributed by atoms with Gasteiger partial charge in [0.2, 0.25) is 10.0 Å². The summed E-state index contributed by atoms with van der Waals surface area (Å²) in [7, 11) is -1.76. The molecular weight excluding hydrogens is 378 g/mol. The van der Waals surface area contributed by atoms with Gasteiger partial charge in [-0.1, -0.05) is 36.4 Å². The van der Waals surface area contributed by atoms with E-state index in [0.717, 1.165) is 10.5 Å². The summed E-state index contributed by atoms with van der Waals surface area (Å²) < 4.78 is 31.9. The third-order valence-corrected chi connectivity index (χ3v) is 6.63. The number of ether oxygens (including phenoxy) is 1. The monoisotopic (exact) mass is 404 g/mol. The average Bonchev–Trinajstić information content (AvgIpc) is 2.69. The molecule has 2 aromatic rings. The number of benzene rings is 2. The maximum absolute atomic E-state index is 12.6. The fourth-order valence-electron chi connectivity index (χ4n) is 3.27. The van der Waals surface area contributed by atoms with Crippen molar-refractivity contribution in [1.82, 2.24) is 4.31 Å². The van der Waals surface area contributed by atoms with Crippen LogP contribution in [0, 0.1) is 0 Å². The first-order valence-electron chi connectivity index (χ1n) is 9.25. The van der Waals surface area contributed by atoms with Crippen LogP contribution in [0.15, 0.2) is 54.6 Å². The van der Waals surface area contributed by atoms with Crippen LogP contribution in [-0.2, 0) is 20.6 Å². The Morgan fingerprint density at radius 1 is 1.11 bits per heavy atom. The summed E-state index contributed by atoms with van der Waals surface area (Å²) in [5.74, 6) is 0.602. The number of nitrogens with one attached hydrogen (secondary N) is 2. The highest BCUT2D eigenvalue weighted by Crippen LogP contribution is 2.16. The Kier molecular flexibility index (Phi) is 6.66. The number of rotatable bonds is 7. The second-order valence-electron chi connectivity index (χ2n) is 6.85. The van der Waals surface area contributed by atoms with Crippen molar-refractivity contribution in [3.05, 3.63) is 60.2 Å². The number of anilines is 1. The Morgan fingerprint density at radius 2 is 1.82 bits per heavy atom. The van der Waals surface area contributed by atoms with Crippen LogP contribution >= 0.6 is 0 Å². The molecule has 0 atom stereocenters. The molecule has 1 amide bonds. The fourth-order valence-corrected chi connectivity index (χ4v) is 4.80. The van der Waals surface area contributed by atoms with Gasteiger partial charge in [-0.15, -0.1) is 0 Å². The summed E-state index contributed by atoms with van der Waals surface area (Å²) in [6, 6.07) is 16.4. The molecule has 1 heterocycles. The number of sulfonamides is 1. The zero-order valence-electron chi connectivity index (χ0n) is 15.9. The third kappa shape index (κ3) is 5.54. The van der Waals surface area contributed by atoms with Gasteiger partial charge < -0.3 is 15.0 Å². The Labute approximate surface area is 166 Å². The number of amides is 1. The largest absolute Gasteiger partial charge is 0.497 e. The molecule has 1 aliphatic rings. The van der Waals surface area contributed by atoms with Crippen LogP contribution in [0.4, 0.5) is 5.69 Å². The maximum Gasteiger partial charge on any atom is 0.279 e. The van der Waals surface area contributed by atoms with Crippen molar-refractivity contribution in [3.8, 4) is 5.75 Å². The molecule has 1 saturated heterocycles. The average molecular weight is 405 g/mol. The summed E-state index contributed by atoms with van der Waals surface area (Å²) in [6.45, 7) is 2.39. The highest BCUT2D eigenvalue weighted by Gasteiger charge is 2.30. The van der Waals surface area contributed by atoms with Gasteiger partial charge in [0.15, 0.2) is 6.54 Å². The number of quaternary nitrogens is 1. The first-order valence-corrected chi connectivity index (χ1v) is 10.9. The van der Waals surface area contributed by atoms with E-state index in [4.69, 9.17) is 4.74 Å². The van der Waals surface area contributed by atoms with Crippen molar-refractivity contribution in [2.24, 2.45) is 0 Å². The standard InChI is InChI=1S/C20H25N3O4S/c1-27-19-9-5-8-18(14-19)21-20(24)15-22-10-12-23(13-11-22)28(25,26)16-17-6-3-2-4-7-17/h2-9,14H,10-13,15-16H2,1H3,(H,21,24)/p+1. The quantitative estimate of drug-likeness (QED) is 0.699. The van der Waals surface area contributed by atoms with Crippen LogP contribution in [0.2, 0.25) is 0 Å². The summed E-state index contributed by atoms with van der Waals surface area (Å²) in [4.78, 5) is 13.4. The van der Waals surface area contributed by atoms with Crippen molar-refractivity contribution >= 4 is 21.6 Å². The van der Waals surface area contributed by atoms with E-state index in [9.17, 15) is 13.2 Å². The van der Waals surface area contributed by atoms with Crippen LogP contribution in [-0.4, -0.2) is 58.5 Å². The summed E-state index contributed by atoms with van der Waals surface area (Å²) in [5.41, 5.74) is 1.47. The van der Waals surface area contributed by atoms with E-state index in [-0.39, 0.29) is 11.7 Å². The Hall–Kier alpha value is -2.42. The number of methoxy groups -OCH3 is 1. The second kappa shape index (κ2) is 9.18. The Balaban J connectivity index is 1.48. The van der Waals surface area contributed by atoms with Gasteiger partial charge in [0.1, 0.15) is 5.75 Å². The van der Waals surface area contributed by atoms with Gasteiger partial charge in [-0.05, 0) is 17.7 Å². The minimum absolute atomic E-state index is 0.0134. The minimum atomic E-state index is -3.34. The maximum atomic E-state index is 12.6. The smallest absolute Gasteiger partial charge is 0.279 e. The first-order chi connectivity index (χ1) is 13.5. The van der Waals surface area contributed by atoms with Crippen molar-refractivity contribution in [1.29, 1.82) is 0 Å². The van der Waals surface area contributed by atoms with E-state index in [1.54, 1.807) is 13.2 Å². The summed E-state index contributed by atoms with van der Waals surface area (Å²) in [5, 5.41) is 2.87. The molecule has 0 spiro atoms. The predicted octanol–water partition coefficient (Wildman–Crippen LogP) is 0.364. The van der Waals surface area contributed by atoms with Gasteiger partial charge in [-0.3, -0.25) is 4.79 Å². The van der Waals surface area contributed by atoms with Gasteiger partial charge >= 0.3 is 0 Å². The van der Waals surface area contributed by atoms with Crippen LogP contribution < -0.4 is 15.0 Å². The SMILES string of the molecule is COc1cccc(NC(=O)C[NH+]2CCN(S(=O)(=O)Cc3ccccc3)CC2)c1. The molecule has 2 aromatic carbocycles. The van der Waals surface area contributed by atoms with Gasteiger partial charge in [0.05, 0.1) is 39.0 Å². The van der Waals surface area contributed by atoms with Crippen LogP contribution in [0.5, 0.6) is 5.75 Å². The van der Waals surface area contributed by atoms with E-state index < -0.39 is 10.0 Å². The molecule has 1 aliphatic heterocycles. The zero-order chi connectivity index (χ0) is 20.0. The fraction of sp³-hybridized carbons (Fsp3) is 0.350. The number of carbonyl (C=O) groups is 1. The first kappa shape index (κ1) is 20.3. The number of hydrogen-bond acceptors (Lipinski definition) is 4. The van der Waals surface area contributed by atoms with E-state index in [1.807, 2.05) is 48.5 Å². The lowest BCUT2D eigenvalue weighted by atomic mass is 10.2. The van der Waals surface area contributed by atoms with Crippen LogP contribution in [0.1, 0.15) is 5.56 Å². The van der Waals surface area contributed by atoms with Crippen LogP contribution in [0.25, 0.3) is 0 Å². The molecule has 8 heteroatoms. The number of carbonyl (C=O) groups excluding carboxylic acids is 1. The molecule has 0 aliphatic carbocycles. The molecular formula is C20H26N3O4S+. The van der Waals surface area contributed by atoms with Gasteiger partial charge in [-0.2, -0.15) is 4.31 Å². The van der Waals surface area contributed by atoms with Crippen molar-refractivity contribution in [2.75, 3.05) is 45.2 Å². The molecule has 0 saturated carbocycles. The van der Waals surface area contributed by atoms with Crippen molar-refractivity contribution < 1.29 is 22.8 Å². The predicted molar refractivity (Wildman–Crippen MR) is 108 cm³/mol. The molecule has 0 bridgehead atoms. The Bertz CT molecular complexity index is 895. The third-order valence-electron chi connectivity index (χ3n) is 4.78. The van der Waals surface area contributed by atoms with Crippen molar-refractivity contribution in [3.63, 3.8) is 0 Å². The van der Waals surface area contributed by atoms with Gasteiger partial charge in [0, 0.05) is 11.8 Å². The van der Waals surface area contributed by atoms with E-state index in [0.29, 0.717) is 44.2 Å². The number of piperazine rings is 1.